The number of carbonyl (C=O) groups excluding carboxylic acids is 1. The van der Waals surface area contributed by atoms with Gasteiger partial charge in [-0.15, -0.1) is 4.40 Å². The van der Waals surface area contributed by atoms with Crippen LogP contribution in [0.3, 0.4) is 0 Å². The lowest BCUT2D eigenvalue weighted by atomic mass is 10.3. The summed E-state index contributed by atoms with van der Waals surface area (Å²) in [5.74, 6) is 0.428. The third-order valence-electron chi connectivity index (χ3n) is 4.65. The first-order chi connectivity index (χ1) is 13.2. The van der Waals surface area contributed by atoms with Gasteiger partial charge in [-0.3, -0.25) is 9.48 Å². The Morgan fingerprint density at radius 2 is 1.96 bits per heavy atom. The fourth-order valence-corrected chi connectivity index (χ4v) is 4.24. The summed E-state index contributed by atoms with van der Waals surface area (Å²) in [6, 6.07) is 8.04. The zero-order valence-electron chi connectivity index (χ0n) is 16.3. The first-order valence-corrected chi connectivity index (χ1v) is 10.6. The number of benzene rings is 1. The van der Waals surface area contributed by atoms with Crippen molar-refractivity contribution in [1.82, 2.24) is 14.7 Å². The normalized spacial score (nSPS) is 16.0. The van der Waals surface area contributed by atoms with E-state index in [-0.39, 0.29) is 17.2 Å². The van der Waals surface area contributed by atoms with E-state index in [1.54, 1.807) is 16.8 Å². The maximum atomic E-state index is 12.4. The van der Waals surface area contributed by atoms with Crippen LogP contribution in [-0.4, -0.2) is 48.4 Å². The lowest BCUT2D eigenvalue weighted by Gasteiger charge is -2.11. The molecule has 28 heavy (non-hydrogen) atoms. The number of amides is 1. The molecule has 1 aliphatic heterocycles. The minimum atomic E-state index is -3.75. The average Bonchev–Trinajstić information content (AvgIpc) is 3.17. The average molecular weight is 404 g/mol. The Labute approximate surface area is 165 Å². The number of rotatable bonds is 6. The van der Waals surface area contributed by atoms with E-state index in [0.717, 1.165) is 24.4 Å². The topological polar surface area (TPSA) is 96.7 Å². The van der Waals surface area contributed by atoms with Crippen LogP contribution in [0.4, 0.5) is 5.69 Å². The Kier molecular flexibility index (Phi) is 5.83. The number of sulfonamides is 1. The van der Waals surface area contributed by atoms with E-state index in [0.29, 0.717) is 24.5 Å². The zero-order valence-corrected chi connectivity index (χ0v) is 17.2. The first kappa shape index (κ1) is 20.1. The molecule has 1 N–H and O–H groups in total. The molecular weight excluding hydrogens is 378 g/mol. The second-order valence-electron chi connectivity index (χ2n) is 6.98. The van der Waals surface area contributed by atoms with Crippen LogP contribution in [-0.2, 0) is 21.4 Å². The van der Waals surface area contributed by atoms with E-state index in [1.807, 2.05) is 31.9 Å². The number of likely N-dealkylation sites (tertiary alicyclic amines) is 1. The van der Waals surface area contributed by atoms with Gasteiger partial charge in [0, 0.05) is 44.4 Å². The van der Waals surface area contributed by atoms with E-state index in [1.165, 1.54) is 12.1 Å². The van der Waals surface area contributed by atoms with Crippen molar-refractivity contribution < 1.29 is 13.2 Å². The van der Waals surface area contributed by atoms with Crippen LogP contribution in [0.5, 0.6) is 0 Å². The number of nitrogens with zero attached hydrogens (tertiary/aromatic N) is 4. The van der Waals surface area contributed by atoms with Crippen LogP contribution in [0.25, 0.3) is 0 Å². The monoisotopic (exact) mass is 403 g/mol. The zero-order chi connectivity index (χ0) is 20.3. The molecule has 0 aliphatic carbocycles. The third kappa shape index (κ3) is 4.78. The van der Waals surface area contributed by atoms with Crippen molar-refractivity contribution in [3.05, 3.63) is 41.7 Å². The van der Waals surface area contributed by atoms with Gasteiger partial charge in [0.25, 0.3) is 10.0 Å². The molecule has 0 spiro atoms. The minimum Gasteiger partial charge on any atom is -0.362 e. The Balaban J connectivity index is 1.61. The summed E-state index contributed by atoms with van der Waals surface area (Å²) in [6.07, 6.45) is 1.86. The molecule has 1 aromatic carbocycles. The highest BCUT2D eigenvalue weighted by Crippen LogP contribution is 2.19. The summed E-state index contributed by atoms with van der Waals surface area (Å²) < 4.78 is 30.6. The van der Waals surface area contributed by atoms with Crippen LogP contribution < -0.4 is 5.32 Å². The number of amidine groups is 1. The van der Waals surface area contributed by atoms with Gasteiger partial charge in [0.1, 0.15) is 5.84 Å². The van der Waals surface area contributed by atoms with Crippen molar-refractivity contribution in [2.75, 3.05) is 18.9 Å². The van der Waals surface area contributed by atoms with Gasteiger partial charge in [-0.1, -0.05) is 0 Å². The van der Waals surface area contributed by atoms with Crippen molar-refractivity contribution in [2.45, 2.75) is 44.6 Å². The molecular formula is C19H25N5O3S. The van der Waals surface area contributed by atoms with Gasteiger partial charge in [0.05, 0.1) is 10.6 Å². The number of nitrogens with one attached hydrogen (secondary N) is 1. The molecule has 0 saturated carbocycles. The molecule has 0 radical (unpaired) electrons. The molecule has 150 valence electrons. The molecule has 2 aromatic rings. The van der Waals surface area contributed by atoms with Gasteiger partial charge in [-0.2, -0.15) is 13.5 Å². The lowest BCUT2D eigenvalue weighted by Crippen LogP contribution is -2.20. The second-order valence-corrected chi connectivity index (χ2v) is 8.58. The minimum absolute atomic E-state index is 0.112. The van der Waals surface area contributed by atoms with E-state index in [4.69, 9.17) is 0 Å². The van der Waals surface area contributed by atoms with E-state index < -0.39 is 10.0 Å². The smallest absolute Gasteiger partial charge is 0.283 e. The largest absolute Gasteiger partial charge is 0.362 e. The van der Waals surface area contributed by atoms with Crippen LogP contribution in [0.1, 0.15) is 30.7 Å². The highest BCUT2D eigenvalue weighted by Gasteiger charge is 2.20. The summed E-state index contributed by atoms with van der Waals surface area (Å²) in [6.45, 7) is 5.17. The number of aryl methyl sites for hydroxylation is 3. The van der Waals surface area contributed by atoms with E-state index >= 15 is 0 Å². The predicted octanol–water partition coefficient (Wildman–Crippen LogP) is 2.34. The maximum Gasteiger partial charge on any atom is 0.283 e. The Morgan fingerprint density at radius 3 is 2.54 bits per heavy atom. The van der Waals surface area contributed by atoms with Crippen LogP contribution >= 0.6 is 0 Å². The highest BCUT2D eigenvalue weighted by atomic mass is 32.2. The number of carbonyl (C=O) groups is 1. The summed E-state index contributed by atoms with van der Waals surface area (Å²) in [7, 11) is -1.91. The number of aromatic nitrogens is 2. The molecule has 2 heterocycles. The van der Waals surface area contributed by atoms with Crippen LogP contribution in [0.15, 0.2) is 39.6 Å². The quantitative estimate of drug-likeness (QED) is 0.799. The molecule has 1 amide bonds. The molecule has 1 aliphatic rings. The fraction of sp³-hybridized carbons (Fsp3) is 0.421. The van der Waals surface area contributed by atoms with Gasteiger partial charge < -0.3 is 10.2 Å². The molecule has 1 saturated heterocycles. The maximum absolute atomic E-state index is 12.4. The molecule has 3 rings (SSSR count). The van der Waals surface area contributed by atoms with Crippen molar-refractivity contribution in [2.24, 2.45) is 4.40 Å². The van der Waals surface area contributed by atoms with Crippen molar-refractivity contribution >= 4 is 27.5 Å². The van der Waals surface area contributed by atoms with Crippen LogP contribution in [0.2, 0.25) is 0 Å². The molecule has 9 heteroatoms. The Bertz CT molecular complexity index is 993. The van der Waals surface area contributed by atoms with E-state index in [2.05, 4.69) is 14.8 Å². The molecule has 1 aromatic heterocycles. The van der Waals surface area contributed by atoms with Gasteiger partial charge in [-0.25, -0.2) is 0 Å². The van der Waals surface area contributed by atoms with Gasteiger partial charge in [-0.05, 0) is 50.6 Å². The van der Waals surface area contributed by atoms with Gasteiger partial charge >= 0.3 is 0 Å². The predicted molar refractivity (Wildman–Crippen MR) is 108 cm³/mol. The molecule has 0 atom stereocenters. The highest BCUT2D eigenvalue weighted by molar-refractivity contribution is 7.90. The first-order valence-electron chi connectivity index (χ1n) is 9.20. The molecule has 0 bridgehead atoms. The van der Waals surface area contributed by atoms with Gasteiger partial charge in [0.15, 0.2) is 0 Å². The Morgan fingerprint density at radius 1 is 1.25 bits per heavy atom. The number of hydrogen-bond acceptors (Lipinski definition) is 4. The third-order valence-corrected chi connectivity index (χ3v) is 5.97. The van der Waals surface area contributed by atoms with Gasteiger partial charge in [0.2, 0.25) is 5.91 Å². The summed E-state index contributed by atoms with van der Waals surface area (Å²) >= 11 is 0. The Hall–Kier alpha value is -2.68. The number of anilines is 1. The molecule has 0 unspecified atom stereocenters. The summed E-state index contributed by atoms with van der Waals surface area (Å²) in [4.78, 5) is 14.1. The lowest BCUT2D eigenvalue weighted by molar-refractivity contribution is -0.116. The van der Waals surface area contributed by atoms with Crippen molar-refractivity contribution in [1.29, 1.82) is 0 Å². The number of hydrogen-bond donors (Lipinski definition) is 1. The van der Waals surface area contributed by atoms with Crippen molar-refractivity contribution in [3.8, 4) is 0 Å². The van der Waals surface area contributed by atoms with E-state index in [9.17, 15) is 13.2 Å². The summed E-state index contributed by atoms with van der Waals surface area (Å²) in [5, 5.41) is 7.11. The summed E-state index contributed by atoms with van der Waals surface area (Å²) in [5.41, 5.74) is 2.47. The van der Waals surface area contributed by atoms with Crippen LogP contribution in [0, 0.1) is 13.8 Å². The second kappa shape index (κ2) is 8.14. The SMILES string of the molecule is Cc1cc(C)n(CCC(=O)Nc2ccc(S(=O)(=O)/N=C3\CCCN3C)cc2)n1. The fourth-order valence-electron chi connectivity index (χ4n) is 3.14. The van der Waals surface area contributed by atoms with Crippen molar-refractivity contribution in [3.63, 3.8) is 0 Å². The molecule has 8 nitrogen and oxygen atoms in total. The molecule has 1 fully saturated rings. The standard InChI is InChI=1S/C19H25N5O3S/c1-14-13-15(2)24(21-14)12-10-19(25)20-16-6-8-17(9-7-16)28(26,27)22-18-5-4-11-23(18)3/h6-9,13H,4-5,10-12H2,1-3H3,(H,20,25)/b22-18+.